The van der Waals surface area contributed by atoms with Gasteiger partial charge in [0.15, 0.2) is 0 Å². The van der Waals surface area contributed by atoms with E-state index in [1.54, 1.807) is 18.3 Å². The first-order valence-corrected chi connectivity index (χ1v) is 6.38. The fourth-order valence-electron chi connectivity index (χ4n) is 1.92. The topological polar surface area (TPSA) is 63.2 Å². The molecule has 0 radical (unpaired) electrons. The van der Waals surface area contributed by atoms with Crippen molar-refractivity contribution in [3.8, 4) is 0 Å². The summed E-state index contributed by atoms with van der Waals surface area (Å²) in [5.74, 6) is -0.113. The van der Waals surface area contributed by atoms with E-state index in [9.17, 15) is 4.79 Å². The zero-order chi connectivity index (χ0) is 12.6. The predicted octanol–water partition coefficient (Wildman–Crippen LogP) is 0.580. The van der Waals surface area contributed by atoms with Gasteiger partial charge in [-0.1, -0.05) is 6.07 Å². The number of hydrogen-bond acceptors (Lipinski definition) is 4. The second-order valence-electron chi connectivity index (χ2n) is 4.31. The van der Waals surface area contributed by atoms with Gasteiger partial charge in [0.05, 0.1) is 12.7 Å². The van der Waals surface area contributed by atoms with Crippen molar-refractivity contribution in [1.82, 2.24) is 15.6 Å². The van der Waals surface area contributed by atoms with Crippen LogP contribution in [0, 0.1) is 0 Å². The molecule has 1 saturated heterocycles. The van der Waals surface area contributed by atoms with Gasteiger partial charge < -0.3 is 15.4 Å². The molecule has 1 atom stereocenters. The van der Waals surface area contributed by atoms with Crippen LogP contribution in [0.15, 0.2) is 24.4 Å². The second kappa shape index (κ2) is 7.08. The van der Waals surface area contributed by atoms with E-state index in [0.717, 1.165) is 32.5 Å². The van der Waals surface area contributed by atoms with Crippen LogP contribution in [0.3, 0.4) is 0 Å². The largest absolute Gasteiger partial charge is 0.376 e. The number of ether oxygens (including phenoxy) is 1. The van der Waals surface area contributed by atoms with Gasteiger partial charge in [0.25, 0.3) is 5.91 Å². The fraction of sp³-hybridized carbons (Fsp3) is 0.538. The van der Waals surface area contributed by atoms with Gasteiger partial charge in [0.1, 0.15) is 5.69 Å². The number of aromatic nitrogens is 1. The Morgan fingerprint density at radius 3 is 3.22 bits per heavy atom. The predicted molar refractivity (Wildman–Crippen MR) is 68.4 cm³/mol. The highest BCUT2D eigenvalue weighted by Crippen LogP contribution is 2.03. The van der Waals surface area contributed by atoms with Gasteiger partial charge in [-0.2, -0.15) is 0 Å². The minimum Gasteiger partial charge on any atom is -0.376 e. The number of pyridine rings is 1. The van der Waals surface area contributed by atoms with E-state index in [1.807, 2.05) is 6.07 Å². The van der Waals surface area contributed by atoms with E-state index in [1.165, 1.54) is 0 Å². The second-order valence-corrected chi connectivity index (χ2v) is 4.31. The molecule has 2 N–H and O–H groups in total. The third-order valence-electron chi connectivity index (χ3n) is 2.89. The van der Waals surface area contributed by atoms with E-state index in [0.29, 0.717) is 12.2 Å². The summed E-state index contributed by atoms with van der Waals surface area (Å²) in [4.78, 5) is 15.7. The SMILES string of the molecule is O=C(NCCCC1CNCCO1)c1ccccn1. The number of carbonyl (C=O) groups is 1. The first-order valence-electron chi connectivity index (χ1n) is 6.38. The average Bonchev–Trinajstić information content (AvgIpc) is 2.45. The maximum Gasteiger partial charge on any atom is 0.269 e. The van der Waals surface area contributed by atoms with Gasteiger partial charge in [0, 0.05) is 25.8 Å². The summed E-state index contributed by atoms with van der Waals surface area (Å²) in [6, 6.07) is 5.32. The van der Waals surface area contributed by atoms with E-state index in [2.05, 4.69) is 15.6 Å². The van der Waals surface area contributed by atoms with Gasteiger partial charge in [-0.3, -0.25) is 9.78 Å². The summed E-state index contributed by atoms with van der Waals surface area (Å²) in [6.45, 7) is 3.29. The molecule has 5 nitrogen and oxygen atoms in total. The van der Waals surface area contributed by atoms with Gasteiger partial charge in [-0.05, 0) is 25.0 Å². The van der Waals surface area contributed by atoms with Crippen LogP contribution < -0.4 is 10.6 Å². The molecular formula is C13H19N3O2. The lowest BCUT2D eigenvalue weighted by molar-refractivity contribution is 0.0225. The minimum absolute atomic E-state index is 0.113. The Morgan fingerprint density at radius 2 is 2.50 bits per heavy atom. The van der Waals surface area contributed by atoms with Gasteiger partial charge in [0.2, 0.25) is 0 Å². The van der Waals surface area contributed by atoms with E-state index < -0.39 is 0 Å². The van der Waals surface area contributed by atoms with Gasteiger partial charge >= 0.3 is 0 Å². The molecule has 0 saturated carbocycles. The van der Waals surface area contributed by atoms with Crippen LogP contribution in [-0.4, -0.2) is 43.2 Å². The Bertz CT molecular complexity index is 364. The van der Waals surface area contributed by atoms with Crippen LogP contribution in [0.5, 0.6) is 0 Å². The Kier molecular flexibility index (Phi) is 5.11. The third-order valence-corrected chi connectivity index (χ3v) is 2.89. The lowest BCUT2D eigenvalue weighted by Gasteiger charge is -2.23. The van der Waals surface area contributed by atoms with Crippen LogP contribution in [0.1, 0.15) is 23.3 Å². The Hall–Kier alpha value is -1.46. The summed E-state index contributed by atoms with van der Waals surface area (Å²) in [6.07, 6.45) is 3.79. The van der Waals surface area contributed by atoms with Crippen molar-refractivity contribution in [2.24, 2.45) is 0 Å². The molecule has 1 amide bonds. The summed E-state index contributed by atoms with van der Waals surface area (Å²) in [5, 5.41) is 6.15. The maximum atomic E-state index is 11.7. The normalized spacial score (nSPS) is 19.4. The molecule has 5 heteroatoms. The summed E-state index contributed by atoms with van der Waals surface area (Å²) >= 11 is 0. The lowest BCUT2D eigenvalue weighted by atomic mass is 10.2. The van der Waals surface area contributed by atoms with Crippen molar-refractivity contribution in [3.05, 3.63) is 30.1 Å². The highest BCUT2D eigenvalue weighted by atomic mass is 16.5. The van der Waals surface area contributed by atoms with E-state index in [-0.39, 0.29) is 12.0 Å². The summed E-state index contributed by atoms with van der Waals surface area (Å²) < 4.78 is 5.58. The Balaban J connectivity index is 1.62. The van der Waals surface area contributed by atoms with Crippen molar-refractivity contribution in [3.63, 3.8) is 0 Å². The monoisotopic (exact) mass is 249 g/mol. The van der Waals surface area contributed by atoms with Crippen LogP contribution in [0.25, 0.3) is 0 Å². The molecule has 1 unspecified atom stereocenters. The zero-order valence-corrected chi connectivity index (χ0v) is 10.4. The van der Waals surface area contributed by atoms with Crippen molar-refractivity contribution >= 4 is 5.91 Å². The third kappa shape index (κ3) is 4.09. The number of morpholine rings is 1. The Labute approximate surface area is 107 Å². The number of hydrogen-bond donors (Lipinski definition) is 2. The van der Waals surface area contributed by atoms with Crippen LogP contribution in [0.4, 0.5) is 0 Å². The molecule has 0 spiro atoms. The fourth-order valence-corrected chi connectivity index (χ4v) is 1.92. The molecule has 1 aromatic rings. The zero-order valence-electron chi connectivity index (χ0n) is 10.4. The smallest absolute Gasteiger partial charge is 0.269 e. The number of rotatable bonds is 5. The number of nitrogens with zero attached hydrogens (tertiary/aromatic N) is 1. The highest BCUT2D eigenvalue weighted by Gasteiger charge is 2.12. The quantitative estimate of drug-likeness (QED) is 0.749. The van der Waals surface area contributed by atoms with E-state index in [4.69, 9.17) is 4.74 Å². The van der Waals surface area contributed by atoms with Gasteiger partial charge in [-0.25, -0.2) is 0 Å². The molecule has 2 rings (SSSR count). The molecule has 98 valence electrons. The molecule has 18 heavy (non-hydrogen) atoms. The van der Waals surface area contributed by atoms with Gasteiger partial charge in [-0.15, -0.1) is 0 Å². The summed E-state index contributed by atoms with van der Waals surface area (Å²) in [7, 11) is 0. The first kappa shape index (κ1) is 13.0. The van der Waals surface area contributed by atoms with Crippen molar-refractivity contribution in [2.45, 2.75) is 18.9 Å². The standard InChI is InChI=1S/C13H19N3O2/c17-13(12-5-1-2-6-15-12)16-7-3-4-11-10-14-8-9-18-11/h1-2,5-6,11,14H,3-4,7-10H2,(H,16,17). The summed E-state index contributed by atoms with van der Waals surface area (Å²) in [5.41, 5.74) is 0.466. The molecule has 1 aliphatic heterocycles. The average molecular weight is 249 g/mol. The molecule has 0 aromatic carbocycles. The Morgan fingerprint density at radius 1 is 1.56 bits per heavy atom. The maximum absolute atomic E-state index is 11.7. The van der Waals surface area contributed by atoms with Crippen molar-refractivity contribution < 1.29 is 9.53 Å². The number of carbonyl (C=O) groups excluding carboxylic acids is 1. The number of amides is 1. The molecular weight excluding hydrogens is 230 g/mol. The van der Waals surface area contributed by atoms with Crippen molar-refractivity contribution in [1.29, 1.82) is 0 Å². The van der Waals surface area contributed by atoms with Crippen LogP contribution in [-0.2, 0) is 4.74 Å². The van der Waals surface area contributed by atoms with E-state index >= 15 is 0 Å². The first-order chi connectivity index (χ1) is 8.86. The highest BCUT2D eigenvalue weighted by molar-refractivity contribution is 5.92. The number of nitrogens with one attached hydrogen (secondary N) is 2. The van der Waals surface area contributed by atoms with Crippen LogP contribution in [0.2, 0.25) is 0 Å². The molecule has 0 bridgehead atoms. The molecule has 1 aliphatic rings. The molecule has 1 aromatic heterocycles. The molecule has 1 fully saturated rings. The minimum atomic E-state index is -0.113. The van der Waals surface area contributed by atoms with Crippen molar-refractivity contribution in [2.75, 3.05) is 26.2 Å². The molecule has 0 aliphatic carbocycles. The van der Waals surface area contributed by atoms with Crippen LogP contribution >= 0.6 is 0 Å². The lowest BCUT2D eigenvalue weighted by Crippen LogP contribution is -2.38. The molecule has 2 heterocycles.